The van der Waals surface area contributed by atoms with Crippen LogP contribution in [-0.2, 0) is 4.74 Å². The van der Waals surface area contributed by atoms with Crippen LogP contribution in [0.5, 0.6) is 0 Å². The molecule has 8 heteroatoms. The summed E-state index contributed by atoms with van der Waals surface area (Å²) in [7, 11) is 1.58. The van der Waals surface area contributed by atoms with Crippen LogP contribution in [0.4, 0.5) is 4.79 Å². The van der Waals surface area contributed by atoms with Gasteiger partial charge < -0.3 is 15.0 Å². The average Bonchev–Trinajstić information content (AvgIpc) is 2.53. The van der Waals surface area contributed by atoms with Crippen molar-refractivity contribution >= 4 is 17.6 Å². The molecule has 2 rings (SSSR count). The van der Waals surface area contributed by atoms with E-state index in [0.717, 1.165) is 0 Å². The zero-order valence-electron chi connectivity index (χ0n) is 14.8. The predicted molar refractivity (Wildman–Crippen MR) is 92.7 cm³/mol. The van der Waals surface area contributed by atoms with Crippen LogP contribution in [0.3, 0.4) is 0 Å². The Morgan fingerprint density at radius 1 is 1.32 bits per heavy atom. The van der Waals surface area contributed by atoms with Gasteiger partial charge in [-0.15, -0.1) is 0 Å². The molecule has 0 fully saturated rings. The fourth-order valence-corrected chi connectivity index (χ4v) is 2.05. The second-order valence-corrected chi connectivity index (χ2v) is 6.56. The highest BCUT2D eigenvalue weighted by Gasteiger charge is 2.19. The molecule has 0 atom stereocenters. The summed E-state index contributed by atoms with van der Waals surface area (Å²) in [4.78, 5) is 41.8. The molecule has 2 aromatic heterocycles. The molecule has 2 amide bonds. The van der Waals surface area contributed by atoms with E-state index in [-0.39, 0.29) is 18.7 Å². The Bertz CT molecular complexity index is 838. The number of hydrogen-bond acceptors (Lipinski definition) is 5. The first kappa shape index (κ1) is 18.4. The maximum absolute atomic E-state index is 12.3. The Kier molecular flexibility index (Phi) is 5.41. The normalized spacial score (nSPS) is 11.2. The minimum Gasteiger partial charge on any atom is -0.444 e. The number of carbonyl (C=O) groups excluding carboxylic acids is 2. The molecule has 0 aromatic carbocycles. The van der Waals surface area contributed by atoms with Gasteiger partial charge in [-0.25, -0.2) is 9.78 Å². The van der Waals surface area contributed by atoms with Gasteiger partial charge in [0, 0.05) is 32.5 Å². The Balaban J connectivity index is 1.96. The molecule has 134 valence electrons. The lowest BCUT2D eigenvalue weighted by molar-refractivity contribution is 0.0299. The summed E-state index contributed by atoms with van der Waals surface area (Å²) in [6, 6.07) is 5.13. The maximum atomic E-state index is 12.3. The van der Waals surface area contributed by atoms with E-state index in [1.807, 2.05) is 0 Å². The fourth-order valence-electron chi connectivity index (χ4n) is 2.05. The highest BCUT2D eigenvalue weighted by Crippen LogP contribution is 2.08. The largest absolute Gasteiger partial charge is 0.444 e. The van der Waals surface area contributed by atoms with E-state index in [0.29, 0.717) is 5.65 Å². The van der Waals surface area contributed by atoms with Crippen LogP contribution in [0.1, 0.15) is 31.1 Å². The lowest BCUT2D eigenvalue weighted by atomic mass is 10.2. The molecule has 2 heterocycles. The monoisotopic (exact) mass is 346 g/mol. The number of ether oxygens (including phenoxy) is 1. The predicted octanol–water partition coefficient (Wildman–Crippen LogP) is 1.29. The van der Waals surface area contributed by atoms with Crippen molar-refractivity contribution < 1.29 is 14.3 Å². The average molecular weight is 346 g/mol. The van der Waals surface area contributed by atoms with Crippen molar-refractivity contribution in [3.63, 3.8) is 0 Å². The van der Waals surface area contributed by atoms with Gasteiger partial charge in [0.1, 0.15) is 16.8 Å². The maximum Gasteiger partial charge on any atom is 0.410 e. The zero-order valence-corrected chi connectivity index (χ0v) is 14.8. The van der Waals surface area contributed by atoms with Gasteiger partial charge >= 0.3 is 6.09 Å². The Labute approximate surface area is 145 Å². The summed E-state index contributed by atoms with van der Waals surface area (Å²) in [6.07, 6.45) is 2.33. The quantitative estimate of drug-likeness (QED) is 0.900. The molecule has 0 aliphatic heterocycles. The van der Waals surface area contributed by atoms with E-state index in [2.05, 4.69) is 10.3 Å². The number of nitrogens with zero attached hydrogens (tertiary/aromatic N) is 3. The second kappa shape index (κ2) is 7.33. The van der Waals surface area contributed by atoms with Crippen LogP contribution in [0.25, 0.3) is 5.65 Å². The Morgan fingerprint density at radius 3 is 2.72 bits per heavy atom. The summed E-state index contributed by atoms with van der Waals surface area (Å²) in [5.74, 6) is -0.534. The van der Waals surface area contributed by atoms with Gasteiger partial charge in [0.15, 0.2) is 0 Å². The topological polar surface area (TPSA) is 93.0 Å². The first-order valence-electron chi connectivity index (χ1n) is 7.88. The first-order valence-corrected chi connectivity index (χ1v) is 7.88. The van der Waals surface area contributed by atoms with Gasteiger partial charge in [0.2, 0.25) is 0 Å². The van der Waals surface area contributed by atoms with Gasteiger partial charge in [-0.3, -0.25) is 14.0 Å². The fraction of sp³-hybridized carbons (Fsp3) is 0.412. The summed E-state index contributed by atoms with van der Waals surface area (Å²) in [6.45, 7) is 5.77. The van der Waals surface area contributed by atoms with Gasteiger partial charge in [0.05, 0.1) is 0 Å². The van der Waals surface area contributed by atoms with Crippen molar-refractivity contribution in [3.8, 4) is 0 Å². The number of likely N-dealkylation sites (N-methyl/N-ethyl adjacent to an activating group) is 1. The van der Waals surface area contributed by atoms with Crippen LogP contribution in [0, 0.1) is 0 Å². The van der Waals surface area contributed by atoms with Crippen LogP contribution < -0.4 is 10.9 Å². The van der Waals surface area contributed by atoms with Gasteiger partial charge in [0.25, 0.3) is 11.5 Å². The third-order valence-corrected chi connectivity index (χ3v) is 3.30. The molecule has 0 saturated carbocycles. The molecule has 2 aromatic rings. The second-order valence-electron chi connectivity index (χ2n) is 6.56. The molecule has 0 unspecified atom stereocenters. The van der Waals surface area contributed by atoms with E-state index in [1.54, 1.807) is 52.2 Å². The number of carbonyl (C=O) groups is 2. The molecule has 0 aliphatic carbocycles. The number of nitrogens with one attached hydrogen (secondary N) is 1. The van der Waals surface area contributed by atoms with Crippen molar-refractivity contribution in [2.45, 2.75) is 26.4 Å². The minimum absolute atomic E-state index is 0.0522. The van der Waals surface area contributed by atoms with E-state index in [4.69, 9.17) is 4.74 Å². The van der Waals surface area contributed by atoms with E-state index < -0.39 is 23.2 Å². The van der Waals surface area contributed by atoms with E-state index in [9.17, 15) is 14.4 Å². The lowest BCUT2D eigenvalue weighted by Crippen LogP contribution is -2.40. The Hall–Kier alpha value is -2.90. The van der Waals surface area contributed by atoms with Crippen LogP contribution in [0.15, 0.2) is 35.4 Å². The summed E-state index contributed by atoms with van der Waals surface area (Å²) >= 11 is 0. The standard InChI is InChI=1S/C17H22N4O4/c1-17(2,3)25-16(24)20(4)10-8-18-14(22)12-11-19-13-7-5-6-9-21(13)15(12)23/h5-7,9,11H,8,10H2,1-4H3,(H,18,22). The summed E-state index contributed by atoms with van der Waals surface area (Å²) in [5.41, 5.74) is -0.610. The number of fused-ring (bicyclic) bond motifs is 1. The highest BCUT2D eigenvalue weighted by molar-refractivity contribution is 5.93. The SMILES string of the molecule is CN(CCNC(=O)c1cnc2ccccn2c1=O)C(=O)OC(C)(C)C. The first-order chi connectivity index (χ1) is 11.7. The van der Waals surface area contributed by atoms with E-state index in [1.165, 1.54) is 15.5 Å². The molecule has 0 aliphatic rings. The van der Waals surface area contributed by atoms with E-state index >= 15 is 0 Å². The van der Waals surface area contributed by atoms with Gasteiger partial charge in [-0.2, -0.15) is 0 Å². The van der Waals surface area contributed by atoms with Crippen molar-refractivity contribution in [2.24, 2.45) is 0 Å². The molecule has 0 saturated heterocycles. The van der Waals surface area contributed by atoms with Crippen LogP contribution in [-0.4, -0.2) is 52.0 Å². The van der Waals surface area contributed by atoms with Crippen LogP contribution in [0.2, 0.25) is 0 Å². The van der Waals surface area contributed by atoms with Crippen molar-refractivity contribution in [3.05, 3.63) is 46.5 Å². The van der Waals surface area contributed by atoms with Crippen LogP contribution >= 0.6 is 0 Å². The number of amides is 2. The number of hydrogen-bond donors (Lipinski definition) is 1. The molecular formula is C17H22N4O4. The minimum atomic E-state index is -0.583. The molecule has 0 radical (unpaired) electrons. The van der Waals surface area contributed by atoms with Crippen molar-refractivity contribution in [1.29, 1.82) is 0 Å². The highest BCUT2D eigenvalue weighted by atomic mass is 16.6. The van der Waals surface area contributed by atoms with Gasteiger partial charge in [-0.05, 0) is 32.9 Å². The smallest absolute Gasteiger partial charge is 0.410 e. The molecule has 25 heavy (non-hydrogen) atoms. The van der Waals surface area contributed by atoms with Crippen molar-refractivity contribution in [2.75, 3.05) is 20.1 Å². The van der Waals surface area contributed by atoms with Crippen molar-refractivity contribution in [1.82, 2.24) is 19.6 Å². The van der Waals surface area contributed by atoms with Gasteiger partial charge in [-0.1, -0.05) is 6.07 Å². The Morgan fingerprint density at radius 2 is 2.04 bits per heavy atom. The molecule has 1 N–H and O–H groups in total. The third kappa shape index (κ3) is 4.79. The summed E-state index contributed by atoms with van der Waals surface area (Å²) in [5, 5.41) is 2.61. The molecule has 0 bridgehead atoms. The number of aromatic nitrogens is 2. The molecule has 8 nitrogen and oxygen atoms in total. The summed E-state index contributed by atoms with van der Waals surface area (Å²) < 4.78 is 6.53. The number of rotatable bonds is 4. The number of pyridine rings is 1. The lowest BCUT2D eigenvalue weighted by Gasteiger charge is -2.24. The molecule has 0 spiro atoms. The zero-order chi connectivity index (χ0) is 18.6. The third-order valence-electron chi connectivity index (χ3n) is 3.30. The molecular weight excluding hydrogens is 324 g/mol.